The number of carbonyl (C=O) groups is 1. The lowest BCUT2D eigenvalue weighted by Gasteiger charge is -2.02. The van der Waals surface area contributed by atoms with Gasteiger partial charge in [-0.05, 0) is 12.5 Å². The van der Waals surface area contributed by atoms with Gasteiger partial charge in [0.2, 0.25) is 0 Å². The van der Waals surface area contributed by atoms with Gasteiger partial charge < -0.3 is 10.1 Å². The number of esters is 1. The number of hydrogen-bond donors (Lipinski definition) is 1. The van der Waals surface area contributed by atoms with Crippen molar-refractivity contribution in [2.75, 3.05) is 6.61 Å². The normalized spacial score (nSPS) is 10.5. The molecule has 0 heterocycles. The summed E-state index contributed by atoms with van der Waals surface area (Å²) in [5, 5.41) is 11.7. The fraction of sp³-hybridized carbons (Fsp3) is 0.231. The second-order valence-corrected chi connectivity index (χ2v) is 3.26. The highest BCUT2D eigenvalue weighted by Gasteiger charge is 2.08. The van der Waals surface area contributed by atoms with E-state index < -0.39 is 5.97 Å². The van der Waals surface area contributed by atoms with Crippen LogP contribution < -0.4 is 5.32 Å². The van der Waals surface area contributed by atoms with Gasteiger partial charge in [0.05, 0.1) is 6.61 Å². The van der Waals surface area contributed by atoms with Crippen molar-refractivity contribution < 1.29 is 9.53 Å². The molecule has 1 aromatic carbocycles. The third kappa shape index (κ3) is 4.39. The Morgan fingerprint density at radius 1 is 1.47 bits per heavy atom. The molecular formula is C13H14N2O2. The molecule has 0 atom stereocenters. The lowest BCUT2D eigenvalue weighted by Crippen LogP contribution is -2.12. The van der Waals surface area contributed by atoms with Gasteiger partial charge >= 0.3 is 5.97 Å². The summed E-state index contributed by atoms with van der Waals surface area (Å²) in [5.41, 5.74) is 1.05. The lowest BCUT2D eigenvalue weighted by atomic mass is 10.2. The van der Waals surface area contributed by atoms with Crippen molar-refractivity contribution in [1.29, 1.82) is 5.26 Å². The third-order valence-electron chi connectivity index (χ3n) is 2.01. The van der Waals surface area contributed by atoms with Gasteiger partial charge in [-0.2, -0.15) is 5.26 Å². The Bertz CT molecular complexity index is 432. The molecule has 1 N–H and O–H groups in total. The van der Waals surface area contributed by atoms with Crippen LogP contribution in [0.4, 0.5) is 0 Å². The van der Waals surface area contributed by atoms with Crippen molar-refractivity contribution >= 4 is 5.97 Å². The van der Waals surface area contributed by atoms with E-state index in [9.17, 15) is 4.79 Å². The molecule has 0 aliphatic heterocycles. The summed E-state index contributed by atoms with van der Waals surface area (Å²) in [6.45, 7) is 2.52. The monoisotopic (exact) mass is 230 g/mol. The molecular weight excluding hydrogens is 216 g/mol. The van der Waals surface area contributed by atoms with Crippen molar-refractivity contribution in [2.24, 2.45) is 0 Å². The first-order valence-corrected chi connectivity index (χ1v) is 5.32. The molecule has 0 unspecified atom stereocenters. The van der Waals surface area contributed by atoms with Crippen molar-refractivity contribution in [3.8, 4) is 6.07 Å². The number of benzene rings is 1. The summed E-state index contributed by atoms with van der Waals surface area (Å²) in [5.74, 6) is -0.601. The molecule has 0 aliphatic rings. The van der Waals surface area contributed by atoms with E-state index in [2.05, 4.69) is 5.32 Å². The summed E-state index contributed by atoms with van der Waals surface area (Å²) >= 11 is 0. The predicted octanol–water partition coefficient (Wildman–Crippen LogP) is 1.75. The zero-order valence-electron chi connectivity index (χ0n) is 9.64. The first kappa shape index (κ1) is 12.8. The fourth-order valence-electron chi connectivity index (χ4n) is 1.21. The predicted molar refractivity (Wildman–Crippen MR) is 63.6 cm³/mol. The van der Waals surface area contributed by atoms with E-state index >= 15 is 0 Å². The van der Waals surface area contributed by atoms with E-state index in [0.717, 1.165) is 5.56 Å². The van der Waals surface area contributed by atoms with E-state index in [-0.39, 0.29) is 12.2 Å². The van der Waals surface area contributed by atoms with Gasteiger partial charge in [-0.15, -0.1) is 0 Å². The first-order valence-electron chi connectivity index (χ1n) is 5.32. The van der Waals surface area contributed by atoms with Crippen molar-refractivity contribution in [1.82, 2.24) is 5.32 Å². The molecule has 0 aliphatic carbocycles. The van der Waals surface area contributed by atoms with Crippen molar-refractivity contribution in [3.63, 3.8) is 0 Å². The molecule has 0 amide bonds. The Morgan fingerprint density at radius 3 is 2.76 bits per heavy atom. The first-order chi connectivity index (χ1) is 8.27. The van der Waals surface area contributed by atoms with Crippen molar-refractivity contribution in [2.45, 2.75) is 13.5 Å². The molecule has 88 valence electrons. The molecule has 0 saturated heterocycles. The highest BCUT2D eigenvalue weighted by molar-refractivity contribution is 5.92. The van der Waals surface area contributed by atoms with Gasteiger partial charge in [0, 0.05) is 12.7 Å². The molecule has 1 aromatic rings. The SMILES string of the molecule is CCOC(=O)C(C#N)=CNCc1ccccc1. The minimum Gasteiger partial charge on any atom is -0.462 e. The average Bonchev–Trinajstić information content (AvgIpc) is 2.36. The molecule has 17 heavy (non-hydrogen) atoms. The zero-order valence-corrected chi connectivity index (χ0v) is 9.64. The van der Waals surface area contributed by atoms with E-state index in [1.54, 1.807) is 13.0 Å². The minimum absolute atomic E-state index is 0.0252. The number of nitrogens with one attached hydrogen (secondary N) is 1. The van der Waals surface area contributed by atoms with Gasteiger partial charge in [0.15, 0.2) is 5.57 Å². The molecule has 0 aromatic heterocycles. The Kier molecular flexibility index (Phi) is 5.32. The Labute approximate surface area is 101 Å². The average molecular weight is 230 g/mol. The fourth-order valence-corrected chi connectivity index (χ4v) is 1.21. The van der Waals surface area contributed by atoms with E-state index in [1.165, 1.54) is 6.20 Å². The third-order valence-corrected chi connectivity index (χ3v) is 2.01. The van der Waals surface area contributed by atoms with Crippen LogP contribution in [0.1, 0.15) is 12.5 Å². The van der Waals surface area contributed by atoms with Gasteiger partial charge in [0.1, 0.15) is 6.07 Å². The highest BCUT2D eigenvalue weighted by atomic mass is 16.5. The quantitative estimate of drug-likeness (QED) is 0.475. The maximum atomic E-state index is 11.3. The largest absolute Gasteiger partial charge is 0.462 e. The van der Waals surface area contributed by atoms with Crippen LogP contribution in [0.5, 0.6) is 0 Å². The van der Waals surface area contributed by atoms with Gasteiger partial charge in [-0.25, -0.2) is 4.79 Å². The van der Waals surface area contributed by atoms with Crippen LogP contribution in [0.2, 0.25) is 0 Å². The second-order valence-electron chi connectivity index (χ2n) is 3.26. The van der Waals surface area contributed by atoms with Crippen LogP contribution in [0, 0.1) is 11.3 Å². The summed E-state index contributed by atoms with van der Waals surface area (Å²) in [4.78, 5) is 11.3. The number of hydrogen-bond acceptors (Lipinski definition) is 4. The van der Waals surface area contributed by atoms with Crippen LogP contribution in [0.15, 0.2) is 42.1 Å². The maximum Gasteiger partial charge on any atom is 0.350 e. The van der Waals surface area contributed by atoms with E-state index in [1.807, 2.05) is 30.3 Å². The van der Waals surface area contributed by atoms with Gasteiger partial charge in [0.25, 0.3) is 0 Å². The zero-order chi connectivity index (χ0) is 12.5. The molecule has 0 radical (unpaired) electrons. The van der Waals surface area contributed by atoms with Crippen LogP contribution in [0.3, 0.4) is 0 Å². The van der Waals surface area contributed by atoms with Crippen LogP contribution >= 0.6 is 0 Å². The molecule has 0 bridgehead atoms. The van der Waals surface area contributed by atoms with Gasteiger partial charge in [-0.3, -0.25) is 0 Å². The molecule has 0 spiro atoms. The number of ether oxygens (including phenoxy) is 1. The summed E-state index contributed by atoms with van der Waals surface area (Å²) in [6, 6.07) is 11.5. The molecule has 4 nitrogen and oxygen atoms in total. The lowest BCUT2D eigenvalue weighted by molar-refractivity contribution is -0.138. The highest BCUT2D eigenvalue weighted by Crippen LogP contribution is 1.99. The molecule has 4 heteroatoms. The molecule has 0 fully saturated rings. The summed E-state index contributed by atoms with van der Waals surface area (Å²) in [7, 11) is 0. The van der Waals surface area contributed by atoms with Crippen LogP contribution in [-0.4, -0.2) is 12.6 Å². The van der Waals surface area contributed by atoms with Crippen LogP contribution in [0.25, 0.3) is 0 Å². The molecule has 0 saturated carbocycles. The molecule has 1 rings (SSSR count). The standard InChI is InChI=1S/C13H14N2O2/c1-2-17-13(16)12(8-14)10-15-9-11-6-4-3-5-7-11/h3-7,10,15H,2,9H2,1H3. The minimum atomic E-state index is -0.601. The van der Waals surface area contributed by atoms with E-state index in [0.29, 0.717) is 6.54 Å². The van der Waals surface area contributed by atoms with Crippen molar-refractivity contribution in [3.05, 3.63) is 47.7 Å². The maximum absolute atomic E-state index is 11.3. The van der Waals surface area contributed by atoms with E-state index in [4.69, 9.17) is 10.00 Å². The number of rotatable bonds is 5. The summed E-state index contributed by atoms with van der Waals surface area (Å²) < 4.78 is 4.73. The van der Waals surface area contributed by atoms with Gasteiger partial charge in [-0.1, -0.05) is 30.3 Å². The second kappa shape index (κ2) is 7.07. The Hall–Kier alpha value is -2.28. The number of carbonyl (C=O) groups excluding carboxylic acids is 1. The smallest absolute Gasteiger partial charge is 0.350 e. The number of nitriles is 1. The topological polar surface area (TPSA) is 62.1 Å². The Balaban J connectivity index is 2.52. The Morgan fingerprint density at radius 2 is 2.18 bits per heavy atom. The summed E-state index contributed by atoms with van der Waals surface area (Å²) in [6.07, 6.45) is 1.38. The number of nitrogens with zero attached hydrogens (tertiary/aromatic N) is 1. The van der Waals surface area contributed by atoms with Crippen LogP contribution in [-0.2, 0) is 16.1 Å².